The molecule has 0 aromatic carbocycles. The Balaban J connectivity index is 1.57. The second-order valence-electron chi connectivity index (χ2n) is 9.32. The number of unbranched alkanes of at least 4 members (excludes halogenated alkanes) is 2. The maximum Gasteiger partial charge on any atom is 0.0689 e. The van der Waals surface area contributed by atoms with E-state index in [9.17, 15) is 5.26 Å². The highest BCUT2D eigenvalue weighted by Crippen LogP contribution is 2.56. The van der Waals surface area contributed by atoms with Gasteiger partial charge >= 0.3 is 0 Å². The van der Waals surface area contributed by atoms with Gasteiger partial charge in [0.05, 0.1) is 17.6 Å². The molecule has 3 rings (SSSR count). The largest absolute Gasteiger partial charge is 0.378 e. The van der Waals surface area contributed by atoms with Crippen LogP contribution in [0.15, 0.2) is 0 Å². The summed E-state index contributed by atoms with van der Waals surface area (Å²) in [5.74, 6) is 3.60. The highest BCUT2D eigenvalue weighted by atomic mass is 16.5. The van der Waals surface area contributed by atoms with Gasteiger partial charge in [-0.3, -0.25) is 0 Å². The monoisotopic (exact) mass is 345 g/mol. The first-order chi connectivity index (χ1) is 12.2. The van der Waals surface area contributed by atoms with Crippen molar-refractivity contribution in [1.29, 1.82) is 5.26 Å². The zero-order chi connectivity index (χ0) is 17.7. The molecule has 0 N–H and O–H groups in total. The third kappa shape index (κ3) is 4.41. The van der Waals surface area contributed by atoms with Crippen LogP contribution in [0.25, 0.3) is 0 Å². The van der Waals surface area contributed by atoms with Gasteiger partial charge in [-0.1, -0.05) is 33.1 Å². The fourth-order valence-corrected chi connectivity index (χ4v) is 6.42. The van der Waals surface area contributed by atoms with Crippen LogP contribution in [0.1, 0.15) is 97.3 Å². The fraction of sp³-hybridized carbons (Fsp3) is 0.957. The molecule has 0 aromatic heterocycles. The van der Waals surface area contributed by atoms with E-state index in [4.69, 9.17) is 4.74 Å². The molecule has 6 atom stereocenters. The van der Waals surface area contributed by atoms with Crippen LogP contribution in [0.3, 0.4) is 0 Å². The molecule has 0 aliphatic heterocycles. The number of hydrogen-bond donors (Lipinski definition) is 0. The van der Waals surface area contributed by atoms with Crippen LogP contribution in [-0.2, 0) is 4.74 Å². The molecule has 0 amide bonds. The second-order valence-corrected chi connectivity index (χ2v) is 9.32. The van der Waals surface area contributed by atoms with Crippen LogP contribution >= 0.6 is 0 Å². The lowest BCUT2D eigenvalue weighted by molar-refractivity contribution is -0.0588. The van der Waals surface area contributed by atoms with Gasteiger partial charge in [0.1, 0.15) is 0 Å². The average molecular weight is 346 g/mol. The van der Waals surface area contributed by atoms with E-state index < -0.39 is 0 Å². The Bertz CT molecular complexity index is 455. The van der Waals surface area contributed by atoms with Crippen molar-refractivity contribution in [2.24, 2.45) is 29.1 Å². The average Bonchev–Trinajstić information content (AvgIpc) is 2.66. The highest BCUT2D eigenvalue weighted by molar-refractivity contribution is 5.06. The van der Waals surface area contributed by atoms with Crippen molar-refractivity contribution in [3.05, 3.63) is 0 Å². The lowest BCUT2D eigenvalue weighted by Gasteiger charge is -2.52. The van der Waals surface area contributed by atoms with E-state index in [0.29, 0.717) is 6.10 Å². The Morgan fingerprint density at radius 1 is 0.960 bits per heavy atom. The molecule has 0 heterocycles. The van der Waals surface area contributed by atoms with Gasteiger partial charge < -0.3 is 4.74 Å². The summed E-state index contributed by atoms with van der Waals surface area (Å²) >= 11 is 0. The smallest absolute Gasteiger partial charge is 0.0689 e. The van der Waals surface area contributed by atoms with E-state index in [1.165, 1.54) is 70.6 Å². The molecule has 3 fully saturated rings. The molecular weight excluding hydrogens is 306 g/mol. The molecule has 0 saturated heterocycles. The quantitative estimate of drug-likeness (QED) is 0.493. The fourth-order valence-electron chi connectivity index (χ4n) is 6.42. The molecule has 142 valence electrons. The molecule has 2 nitrogen and oxygen atoms in total. The first kappa shape index (κ1) is 19.2. The molecule has 0 aromatic rings. The Kier molecular flexibility index (Phi) is 6.84. The molecule has 0 spiro atoms. The van der Waals surface area contributed by atoms with Crippen LogP contribution in [0.2, 0.25) is 0 Å². The highest BCUT2D eigenvalue weighted by Gasteiger charge is 2.48. The van der Waals surface area contributed by atoms with Crippen LogP contribution in [0.4, 0.5) is 0 Å². The summed E-state index contributed by atoms with van der Waals surface area (Å²) in [5, 5.41) is 9.91. The van der Waals surface area contributed by atoms with E-state index in [-0.39, 0.29) is 5.41 Å². The number of rotatable bonds is 7. The third-order valence-corrected chi connectivity index (χ3v) is 7.72. The summed E-state index contributed by atoms with van der Waals surface area (Å²) in [6.07, 6.45) is 17.1. The Hall–Kier alpha value is -0.550. The van der Waals surface area contributed by atoms with E-state index >= 15 is 0 Å². The number of fused-ring (bicyclic) bond motifs is 3. The Morgan fingerprint density at radius 3 is 2.52 bits per heavy atom. The molecule has 3 aliphatic rings. The molecule has 4 unspecified atom stereocenters. The van der Waals surface area contributed by atoms with Crippen molar-refractivity contribution in [2.75, 3.05) is 6.61 Å². The van der Waals surface area contributed by atoms with Gasteiger partial charge in [-0.25, -0.2) is 0 Å². The number of ether oxygens (including phenoxy) is 1. The molecule has 3 aliphatic carbocycles. The minimum atomic E-state index is 0.0185. The standard InChI is InChI=1S/C23H39NO/c1-3-5-6-12-23(17-24)13-11-22-19(16-23)8-7-18-15-20(25-14-4-2)9-10-21(18)22/h18-22H,3-16H2,1-2H3/t18?,19?,20-,21?,22?,23+/m0/s1. The van der Waals surface area contributed by atoms with Gasteiger partial charge in [-0.15, -0.1) is 0 Å². The predicted molar refractivity (Wildman–Crippen MR) is 103 cm³/mol. The Labute approximate surface area is 155 Å². The van der Waals surface area contributed by atoms with Gasteiger partial charge in [0, 0.05) is 6.61 Å². The summed E-state index contributed by atoms with van der Waals surface area (Å²) in [7, 11) is 0. The van der Waals surface area contributed by atoms with Crippen LogP contribution < -0.4 is 0 Å². The van der Waals surface area contributed by atoms with Gasteiger partial charge in [0.15, 0.2) is 0 Å². The topological polar surface area (TPSA) is 33.0 Å². The SMILES string of the molecule is CCCCC[C@@]1(C#N)CCC2C(CCC3C[C@@H](OCCC)CCC32)C1. The summed E-state index contributed by atoms with van der Waals surface area (Å²) in [4.78, 5) is 0. The van der Waals surface area contributed by atoms with Crippen molar-refractivity contribution in [2.45, 2.75) is 103 Å². The second kappa shape index (κ2) is 8.90. The summed E-state index contributed by atoms with van der Waals surface area (Å²) in [6, 6.07) is 2.79. The van der Waals surface area contributed by atoms with Gasteiger partial charge in [0.25, 0.3) is 0 Å². The van der Waals surface area contributed by atoms with Crippen molar-refractivity contribution in [3.8, 4) is 6.07 Å². The van der Waals surface area contributed by atoms with Crippen molar-refractivity contribution in [1.82, 2.24) is 0 Å². The van der Waals surface area contributed by atoms with Gasteiger partial charge in [0.2, 0.25) is 0 Å². The van der Waals surface area contributed by atoms with E-state index in [0.717, 1.165) is 43.1 Å². The van der Waals surface area contributed by atoms with Crippen LogP contribution in [0.5, 0.6) is 0 Å². The lowest BCUT2D eigenvalue weighted by Crippen LogP contribution is -2.45. The minimum absolute atomic E-state index is 0.0185. The van der Waals surface area contributed by atoms with Crippen LogP contribution in [0, 0.1) is 40.4 Å². The maximum absolute atomic E-state index is 9.91. The summed E-state index contributed by atoms with van der Waals surface area (Å²) in [5.41, 5.74) is 0.0185. The number of nitrogens with zero attached hydrogens (tertiary/aromatic N) is 1. The third-order valence-electron chi connectivity index (χ3n) is 7.72. The van der Waals surface area contributed by atoms with Crippen molar-refractivity contribution >= 4 is 0 Å². The van der Waals surface area contributed by atoms with Crippen LogP contribution in [-0.4, -0.2) is 12.7 Å². The first-order valence-electron chi connectivity index (χ1n) is 11.2. The number of hydrogen-bond acceptors (Lipinski definition) is 2. The van der Waals surface area contributed by atoms with E-state index in [1.54, 1.807) is 0 Å². The van der Waals surface area contributed by atoms with Crippen molar-refractivity contribution < 1.29 is 4.74 Å². The molecular formula is C23H39NO. The van der Waals surface area contributed by atoms with Gasteiger partial charge in [-0.2, -0.15) is 5.26 Å². The Morgan fingerprint density at radius 2 is 1.76 bits per heavy atom. The maximum atomic E-state index is 9.91. The molecule has 3 saturated carbocycles. The summed E-state index contributed by atoms with van der Waals surface area (Å²) in [6.45, 7) is 5.41. The normalized spacial score (nSPS) is 40.8. The first-order valence-corrected chi connectivity index (χ1v) is 11.2. The molecule has 0 radical (unpaired) electrons. The molecule has 0 bridgehead atoms. The van der Waals surface area contributed by atoms with Gasteiger partial charge in [-0.05, 0) is 87.9 Å². The zero-order valence-corrected chi connectivity index (χ0v) is 16.6. The predicted octanol–water partition coefficient (Wildman–Crippen LogP) is 6.50. The lowest BCUT2D eigenvalue weighted by atomic mass is 9.53. The zero-order valence-electron chi connectivity index (χ0n) is 16.6. The minimum Gasteiger partial charge on any atom is -0.378 e. The van der Waals surface area contributed by atoms with Crippen molar-refractivity contribution in [3.63, 3.8) is 0 Å². The summed E-state index contributed by atoms with van der Waals surface area (Å²) < 4.78 is 6.08. The molecule has 2 heteroatoms. The molecule has 25 heavy (non-hydrogen) atoms. The van der Waals surface area contributed by atoms with E-state index in [1.807, 2.05) is 0 Å². The van der Waals surface area contributed by atoms with E-state index in [2.05, 4.69) is 19.9 Å². The number of nitriles is 1.